The summed E-state index contributed by atoms with van der Waals surface area (Å²) in [5.74, 6) is 3.69. The Balaban J connectivity index is 0.672. The number of rotatable bonds is 8. The third-order valence-electron chi connectivity index (χ3n) is 25.5. The van der Waals surface area contributed by atoms with Crippen LogP contribution >= 0.6 is 0 Å². The fourth-order valence-corrected chi connectivity index (χ4v) is 20.9. The molecule has 0 saturated carbocycles. The predicted molar refractivity (Wildman–Crippen MR) is 474 cm³/mol. The van der Waals surface area contributed by atoms with Gasteiger partial charge >= 0.3 is 0 Å². The number of aromatic nitrogens is 6. The van der Waals surface area contributed by atoms with Crippen molar-refractivity contribution in [1.29, 1.82) is 0 Å². The third kappa shape index (κ3) is 8.95. The summed E-state index contributed by atoms with van der Waals surface area (Å²) < 4.78 is 0. The zero-order valence-corrected chi connectivity index (χ0v) is 62.6. The molecule has 21 aromatic rings. The van der Waals surface area contributed by atoms with Gasteiger partial charge in [0.05, 0.1) is 10.8 Å². The van der Waals surface area contributed by atoms with Crippen LogP contribution in [0.1, 0.15) is 44.5 Å². The van der Waals surface area contributed by atoms with E-state index < -0.39 is 10.8 Å². The molecule has 0 radical (unpaired) electrons. The maximum Gasteiger partial charge on any atom is 0.164 e. The highest BCUT2D eigenvalue weighted by Crippen LogP contribution is 2.69. The number of hydrogen-bond acceptors (Lipinski definition) is 6. The van der Waals surface area contributed by atoms with Crippen LogP contribution in [0.25, 0.3) is 200 Å². The quantitative estimate of drug-likeness (QED) is 0.141. The Morgan fingerprint density at radius 2 is 0.422 bits per heavy atom. The first-order valence-electron chi connectivity index (χ1n) is 39.9. The number of nitrogens with zero attached hydrogens (tertiary/aromatic N) is 6. The molecule has 0 amide bonds. The molecule has 2 heterocycles. The van der Waals surface area contributed by atoms with Gasteiger partial charge in [-0.2, -0.15) is 0 Å². The van der Waals surface area contributed by atoms with Crippen LogP contribution in [0.4, 0.5) is 0 Å². The Morgan fingerprint density at radius 3 is 0.879 bits per heavy atom. The van der Waals surface area contributed by atoms with Crippen molar-refractivity contribution in [1.82, 2.24) is 29.9 Å². The Morgan fingerprint density at radius 1 is 0.138 bits per heavy atom. The van der Waals surface area contributed by atoms with E-state index in [2.05, 4.69) is 352 Å². The van der Waals surface area contributed by atoms with Crippen LogP contribution in [0.2, 0.25) is 0 Å². The molecule has 0 atom stereocenters. The zero-order chi connectivity index (χ0) is 75.9. The van der Waals surface area contributed by atoms with Crippen molar-refractivity contribution in [2.24, 2.45) is 0 Å². The fraction of sp³-hybridized carbons (Fsp3) is 0.0182. The molecular weight excluding hydrogens is 1410 g/mol. The number of fused-ring (bicyclic) bond motifs is 34. The summed E-state index contributed by atoms with van der Waals surface area (Å²) >= 11 is 0. The minimum Gasteiger partial charge on any atom is -0.208 e. The monoisotopic (exact) mass is 1470 g/mol. The van der Waals surface area contributed by atoms with E-state index >= 15 is 0 Å². The van der Waals surface area contributed by atoms with Crippen LogP contribution in [0.5, 0.6) is 0 Å². The zero-order valence-electron chi connectivity index (χ0n) is 62.6. The van der Waals surface area contributed by atoms with E-state index in [1.54, 1.807) is 0 Å². The van der Waals surface area contributed by atoms with E-state index in [4.69, 9.17) is 29.9 Å². The van der Waals surface area contributed by atoms with Crippen molar-refractivity contribution >= 4 is 64.6 Å². The molecule has 534 valence electrons. The van der Waals surface area contributed by atoms with Crippen molar-refractivity contribution in [2.75, 3.05) is 0 Å². The summed E-state index contributed by atoms with van der Waals surface area (Å²) in [5.41, 5.74) is 28.8. The highest BCUT2D eigenvalue weighted by Gasteiger charge is 2.56. The second kappa shape index (κ2) is 24.6. The Labute approximate surface area is 668 Å². The van der Waals surface area contributed by atoms with E-state index in [1.807, 2.05) is 36.4 Å². The summed E-state index contributed by atoms with van der Waals surface area (Å²) in [6.45, 7) is 0. The minimum absolute atomic E-state index is 0.592. The second-order valence-corrected chi connectivity index (χ2v) is 31.2. The molecule has 0 unspecified atom stereocenters. The average Bonchev–Trinajstić information content (AvgIpc) is 1.49. The van der Waals surface area contributed by atoms with Crippen molar-refractivity contribution in [3.8, 4) is 135 Å². The van der Waals surface area contributed by atoms with Gasteiger partial charge < -0.3 is 0 Å². The fourth-order valence-electron chi connectivity index (χ4n) is 20.9. The molecule has 0 fully saturated rings. The largest absolute Gasteiger partial charge is 0.208 e. The van der Waals surface area contributed by atoms with Crippen LogP contribution in [0.3, 0.4) is 0 Å². The first-order chi connectivity index (χ1) is 57.5. The van der Waals surface area contributed by atoms with E-state index in [-0.39, 0.29) is 0 Å². The van der Waals surface area contributed by atoms with Crippen molar-refractivity contribution in [3.63, 3.8) is 0 Å². The summed E-state index contributed by atoms with van der Waals surface area (Å²) in [4.78, 5) is 32.2. The smallest absolute Gasteiger partial charge is 0.164 e. The molecule has 116 heavy (non-hydrogen) atoms. The van der Waals surface area contributed by atoms with Gasteiger partial charge in [-0.3, -0.25) is 0 Å². The predicted octanol–water partition coefficient (Wildman–Crippen LogP) is 27.0. The standard InChI is InChI=1S/C110H64N6/c1-4-29-66(30-5-1)103-111-104(67-31-6-2-7-32-67)113-106(112-103)69-57-55-65(56-58-69)88-63-95-97(82-46-15-11-39-75(82)88)100-85-49-18-12-40-76(85)89-62-71(59-60-87(89)102(100)109(95)91-51-24-20-42-78(91)79-43-21-25-52-92(79)109)70-35-28-36-72(61-70)107-114-105(68-33-8-3-9-34-68)115-108(116-107)90-64-96-98(83-47-16-13-41-77(83)90)99-84-48-17-10-37-73(84)74-38-14-19-50-86(74)101(99)110(96)93-53-26-22-44-80(93)81-45-23-27-54-94(81)110/h1-64H. The van der Waals surface area contributed by atoms with Crippen LogP contribution in [0.15, 0.2) is 388 Å². The first-order valence-corrected chi connectivity index (χ1v) is 39.9. The lowest BCUT2D eigenvalue weighted by Crippen LogP contribution is -2.26. The van der Waals surface area contributed by atoms with Gasteiger partial charge in [0.15, 0.2) is 34.9 Å². The number of hydrogen-bond donors (Lipinski definition) is 0. The average molecular weight is 1470 g/mol. The number of benzene rings is 19. The topological polar surface area (TPSA) is 77.3 Å². The lowest BCUT2D eigenvalue weighted by Gasteiger charge is -2.32. The van der Waals surface area contributed by atoms with Gasteiger partial charge in [0.1, 0.15) is 0 Å². The maximum absolute atomic E-state index is 5.75. The Kier molecular flexibility index (Phi) is 13.7. The van der Waals surface area contributed by atoms with Gasteiger partial charge in [-0.15, -0.1) is 0 Å². The minimum atomic E-state index is -0.719. The molecule has 19 aromatic carbocycles. The third-order valence-corrected chi connectivity index (χ3v) is 25.5. The molecule has 2 spiro atoms. The normalized spacial score (nSPS) is 13.3. The van der Waals surface area contributed by atoms with Gasteiger partial charge in [-0.05, 0) is 200 Å². The van der Waals surface area contributed by atoms with Gasteiger partial charge in [0.2, 0.25) is 0 Å². The van der Waals surface area contributed by atoms with Crippen molar-refractivity contribution in [3.05, 3.63) is 433 Å². The summed E-state index contributed by atoms with van der Waals surface area (Å²) in [6, 6.07) is 143. The Bertz CT molecular complexity index is 7680. The maximum atomic E-state index is 5.75. The molecule has 0 saturated heterocycles. The highest BCUT2D eigenvalue weighted by atomic mass is 15.0. The van der Waals surface area contributed by atoms with Crippen molar-refractivity contribution in [2.45, 2.75) is 10.8 Å². The van der Waals surface area contributed by atoms with E-state index in [1.165, 1.54) is 143 Å². The molecule has 0 bridgehead atoms. The molecule has 4 aliphatic carbocycles. The molecule has 4 aliphatic rings. The lowest BCUT2D eigenvalue weighted by atomic mass is 9.68. The van der Waals surface area contributed by atoms with Gasteiger partial charge in [-0.1, -0.05) is 364 Å². The van der Waals surface area contributed by atoms with Crippen LogP contribution in [-0.4, -0.2) is 29.9 Å². The van der Waals surface area contributed by atoms with E-state index in [9.17, 15) is 0 Å². The molecule has 6 nitrogen and oxygen atoms in total. The van der Waals surface area contributed by atoms with Crippen LogP contribution in [-0.2, 0) is 10.8 Å². The van der Waals surface area contributed by atoms with Gasteiger partial charge in [-0.25, -0.2) is 29.9 Å². The van der Waals surface area contributed by atoms with Crippen LogP contribution in [0, 0.1) is 0 Å². The van der Waals surface area contributed by atoms with E-state index in [0.29, 0.717) is 34.9 Å². The molecular formula is C110H64N6. The second-order valence-electron chi connectivity index (χ2n) is 31.2. The summed E-state index contributed by atoms with van der Waals surface area (Å²) in [6.07, 6.45) is 0. The summed E-state index contributed by atoms with van der Waals surface area (Å²) in [5, 5.41) is 14.4. The molecule has 6 heteroatoms. The lowest BCUT2D eigenvalue weighted by molar-refractivity contribution is 0.802. The van der Waals surface area contributed by atoms with Crippen LogP contribution < -0.4 is 0 Å². The molecule has 25 rings (SSSR count). The SMILES string of the molecule is c1ccc(-c2nc(-c3ccccc3)nc(-c3ccc(-c4cc5c(c6ccccc46)-c4c(c6ccc(-c7cccc(-c8nc(-c9ccccc9)nc(-c9cc%10c(c%11ccccc9%11)-c9c(c%11ccccc%11c%11ccccc9%11)C%109c%10ccccc%10-c%10ccccc%109)n8)c7)cc6c6ccccc46)C54c5ccccc5-c5ccccc54)cc3)n2)cc1. The van der Waals surface area contributed by atoms with Gasteiger partial charge in [0, 0.05) is 33.4 Å². The Hall–Kier alpha value is -15.2. The van der Waals surface area contributed by atoms with E-state index in [0.717, 1.165) is 66.4 Å². The highest BCUT2D eigenvalue weighted by molar-refractivity contribution is 6.26. The molecule has 0 N–H and O–H groups in total. The van der Waals surface area contributed by atoms with Crippen molar-refractivity contribution < 1.29 is 0 Å². The first kappa shape index (κ1) is 64.4. The molecule has 0 aliphatic heterocycles. The van der Waals surface area contributed by atoms with Gasteiger partial charge in [0.25, 0.3) is 0 Å². The summed E-state index contributed by atoms with van der Waals surface area (Å²) in [7, 11) is 0. The molecule has 2 aromatic heterocycles.